The van der Waals surface area contributed by atoms with Crippen LogP contribution in [0.3, 0.4) is 0 Å². The fourth-order valence-electron chi connectivity index (χ4n) is 5.67. The summed E-state index contributed by atoms with van der Waals surface area (Å²) in [5, 5.41) is 9.63. The van der Waals surface area contributed by atoms with Gasteiger partial charge in [-0.2, -0.15) is 5.10 Å². The lowest BCUT2D eigenvalue weighted by Gasteiger charge is -2.32. The monoisotopic (exact) mass is 521 g/mol. The molecule has 0 radical (unpaired) electrons. The Hall–Kier alpha value is -2.90. The lowest BCUT2D eigenvalue weighted by Crippen LogP contribution is -2.37. The van der Waals surface area contributed by atoms with Crippen LogP contribution in [-0.2, 0) is 11.3 Å². The van der Waals surface area contributed by atoms with Gasteiger partial charge in [0.1, 0.15) is 0 Å². The summed E-state index contributed by atoms with van der Waals surface area (Å²) in [6.07, 6.45) is 4.95. The molecule has 2 fully saturated rings. The van der Waals surface area contributed by atoms with E-state index in [4.69, 9.17) is 16.7 Å². The highest BCUT2D eigenvalue weighted by molar-refractivity contribution is 6.20. The lowest BCUT2D eigenvalue weighted by atomic mass is 9.89. The van der Waals surface area contributed by atoms with Crippen LogP contribution in [0.4, 0.5) is 11.5 Å². The summed E-state index contributed by atoms with van der Waals surface area (Å²) >= 11 is 6.33. The number of halogens is 1. The number of aryl methyl sites for hydroxylation is 1. The molecule has 3 heterocycles. The normalized spacial score (nSPS) is 17.8. The number of nitrogens with zero attached hydrogens (tertiary/aromatic N) is 4. The molecule has 1 amide bonds. The number of amides is 1. The van der Waals surface area contributed by atoms with Gasteiger partial charge in [-0.25, -0.2) is 4.68 Å². The Morgan fingerprint density at radius 1 is 0.973 bits per heavy atom. The van der Waals surface area contributed by atoms with E-state index in [0.29, 0.717) is 12.5 Å². The molecule has 8 heteroatoms. The average Bonchev–Trinajstić information content (AvgIpc) is 2.91. The fraction of sp³-hybridized carbons (Fsp3) is 0.483. The highest BCUT2D eigenvalue weighted by Crippen LogP contribution is 2.30. The van der Waals surface area contributed by atoms with E-state index in [1.165, 1.54) is 12.5 Å². The minimum atomic E-state index is -0.0427. The molecule has 1 aromatic heterocycles. The van der Waals surface area contributed by atoms with Gasteiger partial charge < -0.3 is 15.1 Å². The van der Waals surface area contributed by atoms with Gasteiger partial charge in [0.25, 0.3) is 5.56 Å². The first-order valence-electron chi connectivity index (χ1n) is 13.5. The zero-order valence-corrected chi connectivity index (χ0v) is 22.3. The number of hydrogen-bond donors (Lipinski definition) is 1. The van der Waals surface area contributed by atoms with E-state index in [-0.39, 0.29) is 16.8 Å². The topological polar surface area (TPSA) is 70.5 Å². The number of carbonyl (C=O) groups is 1. The van der Waals surface area contributed by atoms with Crippen LogP contribution in [0, 0.1) is 0 Å². The van der Waals surface area contributed by atoms with Crippen LogP contribution >= 0.6 is 11.6 Å². The molecule has 5 rings (SSSR count). The van der Waals surface area contributed by atoms with Crippen molar-refractivity contribution in [1.29, 1.82) is 0 Å². The number of fused-ring (bicyclic) bond motifs is 1. The summed E-state index contributed by atoms with van der Waals surface area (Å²) in [5.74, 6) is 1.37. The molecule has 1 N–H and O–H groups in total. The SMILES string of the molecule is CC(=O)Nc1cccc(C2CCN(CCCn3nc(N4CCC(Cl)CC4)c4ccccc4c3=O)CC2)c1. The van der Waals surface area contributed by atoms with E-state index < -0.39 is 0 Å². The number of aromatic nitrogens is 2. The molecule has 0 spiro atoms. The molecule has 0 bridgehead atoms. The molecule has 2 aliphatic rings. The van der Waals surface area contributed by atoms with Gasteiger partial charge in [-0.3, -0.25) is 9.59 Å². The van der Waals surface area contributed by atoms with Gasteiger partial charge in [-0.1, -0.05) is 30.3 Å². The molecule has 2 aromatic carbocycles. The van der Waals surface area contributed by atoms with Gasteiger partial charge in [0, 0.05) is 43.0 Å². The molecule has 37 heavy (non-hydrogen) atoms. The molecule has 2 saturated heterocycles. The predicted molar refractivity (Wildman–Crippen MR) is 151 cm³/mol. The van der Waals surface area contributed by atoms with Gasteiger partial charge in [-0.15, -0.1) is 11.6 Å². The van der Waals surface area contributed by atoms with Crippen LogP contribution in [0.25, 0.3) is 10.8 Å². The van der Waals surface area contributed by atoms with Gasteiger partial charge in [0.2, 0.25) is 5.91 Å². The van der Waals surface area contributed by atoms with Gasteiger partial charge in [0.15, 0.2) is 5.82 Å². The second-order valence-corrected chi connectivity index (χ2v) is 11.0. The first-order chi connectivity index (χ1) is 18.0. The van der Waals surface area contributed by atoms with Crippen LogP contribution < -0.4 is 15.8 Å². The molecule has 0 saturated carbocycles. The zero-order valence-electron chi connectivity index (χ0n) is 21.5. The molecule has 196 valence electrons. The molecule has 0 aliphatic carbocycles. The summed E-state index contributed by atoms with van der Waals surface area (Å²) < 4.78 is 1.67. The van der Waals surface area contributed by atoms with Crippen molar-refractivity contribution in [2.75, 3.05) is 42.9 Å². The van der Waals surface area contributed by atoms with Crippen molar-refractivity contribution in [1.82, 2.24) is 14.7 Å². The highest BCUT2D eigenvalue weighted by Gasteiger charge is 2.23. The Kier molecular flexibility index (Phi) is 8.11. The third kappa shape index (κ3) is 6.16. The maximum Gasteiger partial charge on any atom is 0.274 e. The number of rotatable bonds is 7. The number of alkyl halides is 1. The number of benzene rings is 2. The second-order valence-electron chi connectivity index (χ2n) is 10.3. The second kappa shape index (κ2) is 11.7. The summed E-state index contributed by atoms with van der Waals surface area (Å²) in [6, 6.07) is 16.1. The predicted octanol–water partition coefficient (Wildman–Crippen LogP) is 4.83. The Balaban J connectivity index is 1.20. The number of carbonyl (C=O) groups excluding carboxylic acids is 1. The van der Waals surface area contributed by atoms with Crippen LogP contribution in [0.15, 0.2) is 53.3 Å². The van der Waals surface area contributed by atoms with Crippen molar-refractivity contribution < 1.29 is 4.79 Å². The molecule has 2 aliphatic heterocycles. The van der Waals surface area contributed by atoms with Crippen LogP contribution in [0.5, 0.6) is 0 Å². The minimum Gasteiger partial charge on any atom is -0.355 e. The van der Waals surface area contributed by atoms with Crippen LogP contribution in [0.1, 0.15) is 50.5 Å². The summed E-state index contributed by atoms with van der Waals surface area (Å²) in [6.45, 7) is 6.91. The van der Waals surface area contributed by atoms with Crippen molar-refractivity contribution in [3.63, 3.8) is 0 Å². The smallest absolute Gasteiger partial charge is 0.274 e. The first-order valence-corrected chi connectivity index (χ1v) is 13.9. The van der Waals surface area contributed by atoms with Crippen molar-refractivity contribution in [2.45, 2.75) is 56.9 Å². The third-order valence-electron chi connectivity index (χ3n) is 7.68. The van der Waals surface area contributed by atoms with Crippen molar-refractivity contribution in [3.8, 4) is 0 Å². The first kappa shape index (κ1) is 25.7. The molecule has 0 unspecified atom stereocenters. The van der Waals surface area contributed by atoms with E-state index in [0.717, 1.165) is 87.1 Å². The molecule has 3 aromatic rings. The zero-order chi connectivity index (χ0) is 25.8. The molecular formula is C29H36ClN5O2. The third-order valence-corrected chi connectivity index (χ3v) is 8.12. The van der Waals surface area contributed by atoms with E-state index in [1.807, 2.05) is 36.4 Å². The van der Waals surface area contributed by atoms with E-state index in [9.17, 15) is 9.59 Å². The van der Waals surface area contributed by atoms with E-state index in [2.05, 4.69) is 27.2 Å². The summed E-state index contributed by atoms with van der Waals surface area (Å²) in [5.41, 5.74) is 2.15. The number of likely N-dealkylation sites (tertiary alicyclic amines) is 1. The van der Waals surface area contributed by atoms with Crippen molar-refractivity contribution in [2.24, 2.45) is 0 Å². The Morgan fingerprint density at radius 2 is 1.70 bits per heavy atom. The number of anilines is 2. The fourth-order valence-corrected chi connectivity index (χ4v) is 5.86. The van der Waals surface area contributed by atoms with E-state index >= 15 is 0 Å². The average molecular weight is 522 g/mol. The molecule has 0 atom stereocenters. The summed E-state index contributed by atoms with van der Waals surface area (Å²) in [4.78, 5) is 29.4. The standard InChI is InChI=1S/C29H36ClN5O2/c1-21(36)31-25-7-4-6-23(20-25)22-10-16-33(17-11-22)14-5-15-35-29(37)27-9-3-2-8-26(27)28(32-35)34-18-12-24(30)13-19-34/h2-4,6-9,20,22,24H,5,10-19H2,1H3,(H,31,36). The number of nitrogens with one attached hydrogen (secondary N) is 1. The Morgan fingerprint density at radius 3 is 2.43 bits per heavy atom. The van der Waals surface area contributed by atoms with Gasteiger partial charge in [0.05, 0.1) is 5.39 Å². The van der Waals surface area contributed by atoms with Gasteiger partial charge in [-0.05, 0) is 81.4 Å². The minimum absolute atomic E-state index is 0.00987. The van der Waals surface area contributed by atoms with Crippen molar-refractivity contribution in [3.05, 3.63) is 64.4 Å². The lowest BCUT2D eigenvalue weighted by molar-refractivity contribution is -0.114. The van der Waals surface area contributed by atoms with Crippen LogP contribution in [-0.4, -0.2) is 58.7 Å². The maximum atomic E-state index is 13.2. The molecule has 7 nitrogen and oxygen atoms in total. The number of hydrogen-bond acceptors (Lipinski definition) is 5. The van der Waals surface area contributed by atoms with Crippen LogP contribution in [0.2, 0.25) is 0 Å². The largest absolute Gasteiger partial charge is 0.355 e. The quantitative estimate of drug-likeness (QED) is 0.451. The summed E-state index contributed by atoms with van der Waals surface area (Å²) in [7, 11) is 0. The van der Waals surface area contributed by atoms with Crippen molar-refractivity contribution >= 4 is 39.8 Å². The Labute approximate surface area is 223 Å². The highest BCUT2D eigenvalue weighted by atomic mass is 35.5. The van der Waals surface area contributed by atoms with E-state index in [1.54, 1.807) is 4.68 Å². The Bertz CT molecular complexity index is 1290. The number of piperidine rings is 2. The molecular weight excluding hydrogens is 486 g/mol. The van der Waals surface area contributed by atoms with Gasteiger partial charge >= 0.3 is 0 Å². The maximum absolute atomic E-state index is 13.2.